The van der Waals surface area contributed by atoms with Gasteiger partial charge in [-0.1, -0.05) is 12.1 Å². The van der Waals surface area contributed by atoms with Crippen molar-refractivity contribution in [2.45, 2.75) is 37.5 Å². The maximum absolute atomic E-state index is 12.7. The Kier molecular flexibility index (Phi) is 3.80. The first-order valence-corrected chi connectivity index (χ1v) is 9.98. The van der Waals surface area contributed by atoms with E-state index in [1.807, 2.05) is 30.0 Å². The van der Waals surface area contributed by atoms with E-state index in [1.165, 1.54) is 0 Å². The van der Waals surface area contributed by atoms with Crippen molar-refractivity contribution in [1.82, 2.24) is 0 Å². The number of nitrogens with zero attached hydrogens (tertiary/aromatic N) is 1. The van der Waals surface area contributed by atoms with Crippen LogP contribution in [-0.2, 0) is 27.7 Å². The molecule has 25 heavy (non-hydrogen) atoms. The molecule has 0 unspecified atom stereocenters. The van der Waals surface area contributed by atoms with Crippen LogP contribution in [0.4, 0.5) is 11.4 Å². The van der Waals surface area contributed by atoms with E-state index < -0.39 is 10.0 Å². The third-order valence-electron chi connectivity index (χ3n) is 4.83. The number of nitrogens with one attached hydrogen (secondary N) is 1. The molecule has 0 saturated carbocycles. The molecule has 6 heteroatoms. The average Bonchev–Trinajstić information content (AvgIpc) is 2.58. The molecule has 0 bridgehead atoms. The summed E-state index contributed by atoms with van der Waals surface area (Å²) in [6, 6.07) is 10.6. The molecule has 0 radical (unpaired) electrons. The van der Waals surface area contributed by atoms with Gasteiger partial charge in [0.15, 0.2) is 0 Å². The highest BCUT2D eigenvalue weighted by Gasteiger charge is 2.30. The van der Waals surface area contributed by atoms with E-state index in [1.54, 1.807) is 18.2 Å². The van der Waals surface area contributed by atoms with Crippen LogP contribution in [0.15, 0.2) is 41.3 Å². The lowest BCUT2D eigenvalue weighted by molar-refractivity contribution is -0.119. The first-order chi connectivity index (χ1) is 11.9. The zero-order valence-corrected chi connectivity index (χ0v) is 14.9. The van der Waals surface area contributed by atoms with E-state index in [0.717, 1.165) is 41.8 Å². The summed E-state index contributed by atoms with van der Waals surface area (Å²) in [5.41, 5.74) is 4.59. The fraction of sp³-hybridized carbons (Fsp3) is 0.316. The predicted molar refractivity (Wildman–Crippen MR) is 97.4 cm³/mol. The third kappa shape index (κ3) is 2.91. The molecule has 1 N–H and O–H groups in total. The zero-order valence-electron chi connectivity index (χ0n) is 14.1. The fourth-order valence-electron chi connectivity index (χ4n) is 3.71. The van der Waals surface area contributed by atoms with Crippen LogP contribution in [0.2, 0.25) is 0 Å². The van der Waals surface area contributed by atoms with Crippen LogP contribution in [0.25, 0.3) is 0 Å². The minimum atomic E-state index is -3.62. The van der Waals surface area contributed by atoms with Gasteiger partial charge in [-0.05, 0) is 67.1 Å². The number of hydrogen-bond donors (Lipinski definition) is 1. The Morgan fingerprint density at radius 1 is 1.04 bits per heavy atom. The molecule has 5 nitrogen and oxygen atoms in total. The number of rotatable bonds is 3. The van der Waals surface area contributed by atoms with E-state index in [-0.39, 0.29) is 10.8 Å². The molecule has 2 aliphatic rings. The number of amides is 1. The Morgan fingerprint density at radius 3 is 2.56 bits per heavy atom. The van der Waals surface area contributed by atoms with Crippen molar-refractivity contribution in [3.05, 3.63) is 53.1 Å². The Balaban J connectivity index is 1.72. The minimum Gasteiger partial charge on any atom is -0.312 e. The van der Waals surface area contributed by atoms with Crippen molar-refractivity contribution in [3.8, 4) is 0 Å². The van der Waals surface area contributed by atoms with Crippen molar-refractivity contribution < 1.29 is 13.2 Å². The van der Waals surface area contributed by atoms with Crippen LogP contribution in [0.5, 0.6) is 0 Å². The summed E-state index contributed by atoms with van der Waals surface area (Å²) in [7, 11) is -3.62. The molecule has 0 aromatic heterocycles. The summed E-state index contributed by atoms with van der Waals surface area (Å²) in [6.45, 7) is 2.63. The summed E-state index contributed by atoms with van der Waals surface area (Å²) in [5.74, 6) is 0.168. The minimum absolute atomic E-state index is 0.168. The molecular weight excluding hydrogens is 336 g/mol. The SMILES string of the molecule is Cc1cccc(S(=O)(=O)Nc2cc3c4c(c2)CCC(=O)N4CCC3)c1. The van der Waals surface area contributed by atoms with Gasteiger partial charge in [0.2, 0.25) is 5.91 Å². The van der Waals surface area contributed by atoms with Crippen molar-refractivity contribution in [3.63, 3.8) is 0 Å². The molecule has 130 valence electrons. The number of carbonyl (C=O) groups excluding carboxylic acids is 1. The molecule has 1 amide bonds. The van der Waals surface area contributed by atoms with Gasteiger partial charge in [0.05, 0.1) is 10.6 Å². The normalized spacial score (nSPS) is 16.5. The largest absolute Gasteiger partial charge is 0.312 e. The second-order valence-corrected chi connectivity index (χ2v) is 8.40. The molecule has 2 aromatic carbocycles. The molecular formula is C19H20N2O3S. The van der Waals surface area contributed by atoms with Crippen LogP contribution in [0.3, 0.4) is 0 Å². The summed E-state index contributed by atoms with van der Waals surface area (Å²) in [4.78, 5) is 14.2. The van der Waals surface area contributed by atoms with Gasteiger partial charge in [-0.15, -0.1) is 0 Å². The van der Waals surface area contributed by atoms with Crippen LogP contribution in [-0.4, -0.2) is 20.9 Å². The lowest BCUT2D eigenvalue weighted by Crippen LogP contribution is -2.39. The second-order valence-electron chi connectivity index (χ2n) is 6.71. The number of carbonyl (C=O) groups is 1. The maximum Gasteiger partial charge on any atom is 0.261 e. The van der Waals surface area contributed by atoms with Gasteiger partial charge < -0.3 is 4.90 Å². The molecule has 2 aliphatic heterocycles. The monoisotopic (exact) mass is 356 g/mol. The Hall–Kier alpha value is -2.34. The van der Waals surface area contributed by atoms with E-state index in [0.29, 0.717) is 18.5 Å². The van der Waals surface area contributed by atoms with Crippen LogP contribution < -0.4 is 9.62 Å². The van der Waals surface area contributed by atoms with E-state index >= 15 is 0 Å². The first kappa shape index (κ1) is 16.1. The van der Waals surface area contributed by atoms with Gasteiger partial charge >= 0.3 is 0 Å². The van der Waals surface area contributed by atoms with Crippen molar-refractivity contribution in [2.24, 2.45) is 0 Å². The van der Waals surface area contributed by atoms with Gasteiger partial charge in [0.1, 0.15) is 0 Å². The van der Waals surface area contributed by atoms with E-state index in [9.17, 15) is 13.2 Å². The van der Waals surface area contributed by atoms with Crippen molar-refractivity contribution in [1.29, 1.82) is 0 Å². The fourth-order valence-corrected chi connectivity index (χ4v) is 4.85. The van der Waals surface area contributed by atoms with Crippen LogP contribution >= 0.6 is 0 Å². The Bertz CT molecular complexity index is 949. The highest BCUT2D eigenvalue weighted by atomic mass is 32.2. The number of aryl methyl sites for hydroxylation is 3. The third-order valence-corrected chi connectivity index (χ3v) is 6.21. The van der Waals surface area contributed by atoms with E-state index in [2.05, 4.69) is 4.72 Å². The lowest BCUT2D eigenvalue weighted by atomic mass is 9.91. The Morgan fingerprint density at radius 2 is 1.80 bits per heavy atom. The van der Waals surface area contributed by atoms with Gasteiger partial charge in [-0.2, -0.15) is 0 Å². The quantitative estimate of drug-likeness (QED) is 0.919. The number of sulfonamides is 1. The molecule has 0 fully saturated rings. The highest BCUT2D eigenvalue weighted by molar-refractivity contribution is 7.92. The molecule has 0 aliphatic carbocycles. The van der Waals surface area contributed by atoms with Gasteiger partial charge in [-0.25, -0.2) is 8.42 Å². The summed E-state index contributed by atoms with van der Waals surface area (Å²) >= 11 is 0. The molecule has 0 spiro atoms. The van der Waals surface area contributed by atoms with Gasteiger partial charge in [-0.3, -0.25) is 9.52 Å². The lowest BCUT2D eigenvalue weighted by Gasteiger charge is -2.35. The molecule has 2 heterocycles. The number of hydrogen-bond acceptors (Lipinski definition) is 3. The zero-order chi connectivity index (χ0) is 17.6. The summed E-state index contributed by atoms with van der Waals surface area (Å²) in [5, 5.41) is 0. The van der Waals surface area contributed by atoms with Gasteiger partial charge in [0.25, 0.3) is 10.0 Å². The highest BCUT2D eigenvalue weighted by Crippen LogP contribution is 2.38. The smallest absolute Gasteiger partial charge is 0.261 e. The molecule has 0 saturated heterocycles. The van der Waals surface area contributed by atoms with Crippen LogP contribution in [0.1, 0.15) is 29.5 Å². The summed E-state index contributed by atoms with van der Waals surface area (Å²) < 4.78 is 28.1. The molecule has 0 atom stereocenters. The maximum atomic E-state index is 12.7. The standard InChI is InChI=1S/C19H20N2O3S/c1-13-4-2-6-17(10-13)25(23,24)20-16-11-14-5-3-9-21-18(22)8-7-15(12-16)19(14)21/h2,4,6,10-12,20H,3,5,7-9H2,1H3. The van der Waals surface area contributed by atoms with Crippen molar-refractivity contribution >= 4 is 27.3 Å². The summed E-state index contributed by atoms with van der Waals surface area (Å²) in [6.07, 6.45) is 2.93. The Labute approximate surface area is 147 Å². The number of benzene rings is 2. The second kappa shape index (κ2) is 5.88. The molecule has 4 rings (SSSR count). The molecule has 2 aromatic rings. The van der Waals surface area contributed by atoms with Crippen LogP contribution in [0, 0.1) is 6.92 Å². The van der Waals surface area contributed by atoms with Gasteiger partial charge in [0, 0.05) is 18.7 Å². The predicted octanol–water partition coefficient (Wildman–Crippen LogP) is 3.02. The number of anilines is 2. The van der Waals surface area contributed by atoms with Crippen molar-refractivity contribution in [2.75, 3.05) is 16.2 Å². The topological polar surface area (TPSA) is 66.5 Å². The van der Waals surface area contributed by atoms with E-state index in [4.69, 9.17) is 0 Å². The first-order valence-electron chi connectivity index (χ1n) is 8.50. The average molecular weight is 356 g/mol.